The van der Waals surface area contributed by atoms with Crippen LogP contribution < -0.4 is 4.90 Å². The van der Waals surface area contributed by atoms with Crippen molar-refractivity contribution in [3.63, 3.8) is 0 Å². The van der Waals surface area contributed by atoms with Crippen LogP contribution >= 0.6 is 0 Å². The summed E-state index contributed by atoms with van der Waals surface area (Å²) in [6.45, 7) is 2.29. The smallest absolute Gasteiger partial charge is 0.133 e. The summed E-state index contributed by atoms with van der Waals surface area (Å²) in [4.78, 5) is 6.34. The maximum Gasteiger partial charge on any atom is 0.133 e. The van der Waals surface area contributed by atoms with Gasteiger partial charge in [-0.2, -0.15) is 5.26 Å². The minimum absolute atomic E-state index is 0.412. The molecular weight excluding hydrogens is 250 g/mol. The van der Waals surface area contributed by atoms with Crippen LogP contribution in [0.15, 0.2) is 48.7 Å². The van der Waals surface area contributed by atoms with Crippen molar-refractivity contribution in [3.8, 4) is 6.07 Å². The number of rotatable bonds is 5. The number of hydrogen-bond donors (Lipinski definition) is 1. The van der Waals surface area contributed by atoms with E-state index in [4.69, 9.17) is 5.26 Å². The molecule has 1 heterocycles. The highest BCUT2D eigenvalue weighted by molar-refractivity contribution is 5.60. The molecule has 0 spiro atoms. The predicted molar refractivity (Wildman–Crippen MR) is 78.5 cm³/mol. The van der Waals surface area contributed by atoms with E-state index in [1.165, 1.54) is 0 Å². The number of para-hydroxylation sites is 1. The van der Waals surface area contributed by atoms with Gasteiger partial charge in [0.05, 0.1) is 18.6 Å². The Kier molecular flexibility index (Phi) is 4.70. The Morgan fingerprint density at radius 3 is 2.70 bits per heavy atom. The van der Waals surface area contributed by atoms with E-state index in [1.54, 1.807) is 19.2 Å². The molecule has 0 radical (unpaired) electrons. The van der Waals surface area contributed by atoms with Crippen LogP contribution in [0, 0.1) is 11.3 Å². The summed E-state index contributed by atoms with van der Waals surface area (Å²) < 4.78 is 0. The monoisotopic (exact) mass is 267 g/mol. The van der Waals surface area contributed by atoms with Gasteiger partial charge in [-0.15, -0.1) is 0 Å². The standard InChI is InChI=1S/C16H17N3O/c1-13(20)14-8-10-18-16(12-14)19(11-5-9-17)15-6-3-2-4-7-15/h2-4,6-8,10,12-13,20H,5,11H2,1H3. The van der Waals surface area contributed by atoms with Crippen LogP contribution in [0.25, 0.3) is 0 Å². The average Bonchev–Trinajstić information content (AvgIpc) is 2.49. The molecular formula is C16H17N3O. The molecule has 0 amide bonds. The zero-order valence-electron chi connectivity index (χ0n) is 11.4. The van der Waals surface area contributed by atoms with Crippen molar-refractivity contribution in [1.29, 1.82) is 5.26 Å². The van der Waals surface area contributed by atoms with Gasteiger partial charge in [-0.1, -0.05) is 18.2 Å². The minimum atomic E-state index is -0.537. The van der Waals surface area contributed by atoms with E-state index in [2.05, 4.69) is 11.1 Å². The molecule has 1 N–H and O–H groups in total. The number of pyridine rings is 1. The Hall–Kier alpha value is -2.38. The molecule has 0 bridgehead atoms. The maximum atomic E-state index is 9.68. The van der Waals surface area contributed by atoms with Gasteiger partial charge in [0.15, 0.2) is 0 Å². The number of hydrogen-bond acceptors (Lipinski definition) is 4. The van der Waals surface area contributed by atoms with Crippen molar-refractivity contribution in [1.82, 2.24) is 4.98 Å². The second-order valence-corrected chi connectivity index (χ2v) is 4.52. The van der Waals surface area contributed by atoms with Gasteiger partial charge in [0.25, 0.3) is 0 Å². The summed E-state index contributed by atoms with van der Waals surface area (Å²) in [6, 6.07) is 15.6. The molecule has 102 valence electrons. The molecule has 0 saturated carbocycles. The van der Waals surface area contributed by atoms with Crippen LogP contribution in [0.1, 0.15) is 25.0 Å². The summed E-state index contributed by atoms with van der Waals surface area (Å²) in [5, 5.41) is 18.5. The normalized spacial score (nSPS) is 11.7. The highest BCUT2D eigenvalue weighted by Crippen LogP contribution is 2.25. The predicted octanol–water partition coefficient (Wildman–Crippen LogP) is 3.19. The van der Waals surface area contributed by atoms with Crippen LogP contribution in [-0.4, -0.2) is 16.6 Å². The number of benzene rings is 1. The van der Waals surface area contributed by atoms with Crippen LogP contribution in [-0.2, 0) is 0 Å². The van der Waals surface area contributed by atoms with Crippen molar-refractivity contribution in [2.45, 2.75) is 19.4 Å². The Morgan fingerprint density at radius 1 is 1.30 bits per heavy atom. The van der Waals surface area contributed by atoms with E-state index in [0.29, 0.717) is 13.0 Å². The first-order valence-electron chi connectivity index (χ1n) is 6.56. The molecule has 20 heavy (non-hydrogen) atoms. The van der Waals surface area contributed by atoms with E-state index in [-0.39, 0.29) is 0 Å². The molecule has 2 aromatic rings. The molecule has 0 saturated heterocycles. The molecule has 0 aliphatic heterocycles. The molecule has 1 aromatic heterocycles. The van der Waals surface area contributed by atoms with Crippen LogP contribution in [0.3, 0.4) is 0 Å². The molecule has 2 rings (SSSR count). The lowest BCUT2D eigenvalue weighted by Gasteiger charge is -2.23. The molecule has 4 heteroatoms. The first kappa shape index (κ1) is 14.0. The maximum absolute atomic E-state index is 9.68. The van der Waals surface area contributed by atoms with Gasteiger partial charge in [0.1, 0.15) is 5.82 Å². The van der Waals surface area contributed by atoms with E-state index < -0.39 is 6.10 Å². The van der Waals surface area contributed by atoms with Crippen LogP contribution in [0.2, 0.25) is 0 Å². The number of aliphatic hydroxyl groups excluding tert-OH is 1. The zero-order valence-corrected chi connectivity index (χ0v) is 11.4. The van der Waals surface area contributed by atoms with E-state index in [1.807, 2.05) is 41.3 Å². The Balaban J connectivity index is 2.36. The third-order valence-corrected chi connectivity index (χ3v) is 3.04. The van der Waals surface area contributed by atoms with Crippen molar-refractivity contribution in [2.75, 3.05) is 11.4 Å². The van der Waals surface area contributed by atoms with Gasteiger partial charge < -0.3 is 10.0 Å². The third-order valence-electron chi connectivity index (χ3n) is 3.04. The second kappa shape index (κ2) is 6.69. The summed E-state index contributed by atoms with van der Waals surface area (Å²) in [6.07, 6.45) is 1.56. The van der Waals surface area contributed by atoms with Crippen molar-refractivity contribution >= 4 is 11.5 Å². The Bertz CT molecular complexity index is 590. The van der Waals surface area contributed by atoms with E-state index >= 15 is 0 Å². The van der Waals surface area contributed by atoms with E-state index in [9.17, 15) is 5.11 Å². The fourth-order valence-corrected chi connectivity index (χ4v) is 1.99. The van der Waals surface area contributed by atoms with Crippen molar-refractivity contribution in [2.24, 2.45) is 0 Å². The first-order valence-corrected chi connectivity index (χ1v) is 6.56. The summed E-state index contributed by atoms with van der Waals surface area (Å²) in [5.41, 5.74) is 1.80. The lowest BCUT2D eigenvalue weighted by atomic mass is 10.1. The average molecular weight is 267 g/mol. The highest BCUT2D eigenvalue weighted by atomic mass is 16.3. The van der Waals surface area contributed by atoms with Crippen molar-refractivity contribution < 1.29 is 5.11 Å². The van der Waals surface area contributed by atoms with Gasteiger partial charge in [-0.05, 0) is 36.8 Å². The Morgan fingerprint density at radius 2 is 2.05 bits per heavy atom. The number of nitriles is 1. The summed E-state index contributed by atoms with van der Waals surface area (Å²) in [7, 11) is 0. The molecule has 0 aliphatic rings. The molecule has 1 aromatic carbocycles. The fraction of sp³-hybridized carbons (Fsp3) is 0.250. The molecule has 4 nitrogen and oxygen atoms in total. The number of aliphatic hydroxyl groups is 1. The Labute approximate surface area is 118 Å². The second-order valence-electron chi connectivity index (χ2n) is 4.52. The lowest BCUT2D eigenvalue weighted by Crippen LogP contribution is -2.19. The number of aromatic nitrogens is 1. The lowest BCUT2D eigenvalue weighted by molar-refractivity contribution is 0.199. The number of nitrogens with zero attached hydrogens (tertiary/aromatic N) is 3. The van der Waals surface area contributed by atoms with Gasteiger partial charge in [0.2, 0.25) is 0 Å². The van der Waals surface area contributed by atoms with E-state index in [0.717, 1.165) is 17.1 Å². The quantitative estimate of drug-likeness (QED) is 0.903. The highest BCUT2D eigenvalue weighted by Gasteiger charge is 2.11. The zero-order chi connectivity index (χ0) is 14.4. The number of anilines is 2. The third kappa shape index (κ3) is 3.34. The fourth-order valence-electron chi connectivity index (χ4n) is 1.99. The summed E-state index contributed by atoms with van der Waals surface area (Å²) in [5.74, 6) is 0.741. The van der Waals surface area contributed by atoms with Gasteiger partial charge in [0, 0.05) is 18.4 Å². The molecule has 0 fully saturated rings. The van der Waals surface area contributed by atoms with Crippen LogP contribution in [0.4, 0.5) is 11.5 Å². The molecule has 0 aliphatic carbocycles. The summed E-state index contributed by atoms with van der Waals surface area (Å²) >= 11 is 0. The van der Waals surface area contributed by atoms with Crippen LogP contribution in [0.5, 0.6) is 0 Å². The van der Waals surface area contributed by atoms with Gasteiger partial charge in [-0.3, -0.25) is 0 Å². The topological polar surface area (TPSA) is 60.2 Å². The van der Waals surface area contributed by atoms with Gasteiger partial charge in [-0.25, -0.2) is 4.98 Å². The molecule has 1 atom stereocenters. The first-order chi connectivity index (χ1) is 9.72. The van der Waals surface area contributed by atoms with Gasteiger partial charge >= 0.3 is 0 Å². The largest absolute Gasteiger partial charge is 0.389 e. The molecule has 1 unspecified atom stereocenters. The van der Waals surface area contributed by atoms with Crippen molar-refractivity contribution in [3.05, 3.63) is 54.2 Å². The minimum Gasteiger partial charge on any atom is -0.389 e. The SMILES string of the molecule is CC(O)c1ccnc(N(CCC#N)c2ccccc2)c1.